The fraction of sp³-hybridized carbons (Fsp3) is 0.318. The second kappa shape index (κ2) is 17.4. The zero-order chi connectivity index (χ0) is 42.9. The van der Waals surface area contributed by atoms with E-state index >= 15 is 0 Å². The van der Waals surface area contributed by atoms with E-state index < -0.39 is 15.6 Å². The summed E-state index contributed by atoms with van der Waals surface area (Å²) in [6, 6.07) is 18.2. The quantitative estimate of drug-likeness (QED) is 0.0595. The van der Waals surface area contributed by atoms with Gasteiger partial charge in [0.2, 0.25) is 0 Å². The molecule has 318 valence electrons. The minimum absolute atomic E-state index is 0.0682. The van der Waals surface area contributed by atoms with Crippen LogP contribution < -0.4 is 37.5 Å². The van der Waals surface area contributed by atoms with Crippen molar-refractivity contribution < 1.29 is 64.7 Å². The Morgan fingerprint density at radius 1 is 0.350 bits per heavy atom. The van der Waals surface area contributed by atoms with Crippen LogP contribution in [0.25, 0.3) is 64.6 Å². The molecule has 0 atom stereocenters. The molecule has 7 rings (SSSR count). The van der Waals surface area contributed by atoms with Crippen LogP contribution in [0.3, 0.4) is 0 Å². The lowest BCUT2D eigenvalue weighted by Crippen LogP contribution is -2.04. The lowest BCUT2D eigenvalue weighted by Gasteiger charge is -2.24. The maximum Gasteiger partial charge on any atom is 0.530 e. The van der Waals surface area contributed by atoms with Crippen LogP contribution in [0.4, 0.5) is 0 Å². The topological polar surface area (TPSA) is 145 Å². The number of hydrogen-bond acceptors (Lipinski definition) is 14. The highest BCUT2D eigenvalue weighted by atomic mass is 31.2. The minimum atomic E-state index is -4.15. The molecule has 0 aliphatic heterocycles. The molecule has 0 spiro atoms. The van der Waals surface area contributed by atoms with Crippen molar-refractivity contribution >= 4 is 80.3 Å². The first-order valence-corrected chi connectivity index (χ1v) is 22.2. The summed E-state index contributed by atoms with van der Waals surface area (Å²) in [5.41, 5.74) is 0. The van der Waals surface area contributed by atoms with Crippen LogP contribution in [-0.4, -0.2) is 69.1 Å². The molecule has 0 radical (unpaired) electrons. The highest BCUT2D eigenvalue weighted by Gasteiger charge is 2.33. The van der Waals surface area contributed by atoms with Gasteiger partial charge < -0.3 is 37.5 Å². The van der Waals surface area contributed by atoms with Gasteiger partial charge in [0.05, 0.1) is 69.1 Å². The van der Waals surface area contributed by atoms with Crippen LogP contribution in [-0.2, 0) is 27.2 Å². The van der Waals surface area contributed by atoms with E-state index in [4.69, 9.17) is 55.6 Å². The monoisotopic (exact) mass is 862 g/mol. The number of phosphoric acid groups is 2. The van der Waals surface area contributed by atoms with Gasteiger partial charge in [0.1, 0.15) is 34.5 Å². The highest BCUT2D eigenvalue weighted by molar-refractivity contribution is 7.49. The molecule has 0 aliphatic rings. The number of rotatable bonds is 18. The Kier molecular flexibility index (Phi) is 12.5. The molecule has 0 aromatic heterocycles. The van der Waals surface area contributed by atoms with Gasteiger partial charge in [-0.3, -0.25) is 18.1 Å². The van der Waals surface area contributed by atoms with Crippen LogP contribution in [0, 0.1) is 0 Å². The van der Waals surface area contributed by atoms with Gasteiger partial charge in [0.15, 0.2) is 11.5 Å². The van der Waals surface area contributed by atoms with E-state index in [-0.39, 0.29) is 37.9 Å². The first-order valence-electron chi connectivity index (χ1n) is 19.3. The fourth-order valence-corrected chi connectivity index (χ4v) is 10.4. The average molecular weight is 863 g/mol. The van der Waals surface area contributed by atoms with Gasteiger partial charge >= 0.3 is 15.6 Å². The normalized spacial score (nSPS) is 12.2. The molecular formula is C44H48O14P2. The average Bonchev–Trinajstić information content (AvgIpc) is 3.24. The fourth-order valence-electron chi connectivity index (χ4n) is 7.96. The molecule has 0 saturated heterocycles. The zero-order valence-electron chi connectivity index (χ0n) is 35.2. The van der Waals surface area contributed by atoms with Crippen LogP contribution >= 0.6 is 15.6 Å². The van der Waals surface area contributed by atoms with Gasteiger partial charge in [-0.05, 0) is 88.4 Å². The lowest BCUT2D eigenvalue weighted by molar-refractivity contribution is 0.167. The first kappa shape index (κ1) is 42.9. The van der Waals surface area contributed by atoms with Crippen LogP contribution in [0.5, 0.6) is 46.0 Å². The third kappa shape index (κ3) is 7.15. The van der Waals surface area contributed by atoms with Gasteiger partial charge in [-0.2, -0.15) is 0 Å². The van der Waals surface area contributed by atoms with Crippen LogP contribution in [0.2, 0.25) is 0 Å². The minimum Gasteiger partial charge on any atom is -0.496 e. The number of methoxy groups -OCH3 is 6. The molecule has 60 heavy (non-hydrogen) atoms. The summed E-state index contributed by atoms with van der Waals surface area (Å²) in [7, 11) is 1.15. The Balaban J connectivity index is 1.86. The number of benzene rings is 7. The standard InChI is InChI=1S/C44H48O14P2/c1-11-53-59(45,54-12-2)57-33-21-19-31(47-5)29-23-35(49-7)25-15-17-27-41(39(25)37(29)33)42-28(44(52-10)43(27)51-9)18-16-26-36(50-8)24-30-32(48-6)20-22-34(38(30)40(26)42)58-60(46,55-13-3)56-14-4/h15-24H,11-14H2,1-10H3. The van der Waals surface area contributed by atoms with Gasteiger partial charge in [0, 0.05) is 64.6 Å². The molecule has 0 unspecified atom stereocenters. The summed E-state index contributed by atoms with van der Waals surface area (Å²) in [5, 5.41) is 7.33. The van der Waals surface area contributed by atoms with Crippen LogP contribution in [0.1, 0.15) is 27.7 Å². The van der Waals surface area contributed by atoms with Gasteiger partial charge in [-0.25, -0.2) is 9.13 Å². The summed E-state index contributed by atoms with van der Waals surface area (Å²) in [6.45, 7) is 7.10. The molecule has 0 amide bonds. The molecule has 7 aromatic rings. The number of fused-ring (bicyclic) bond motifs is 11. The Labute approximate surface area is 347 Å². The molecule has 16 heteroatoms. The number of ether oxygens (including phenoxy) is 6. The molecule has 0 fully saturated rings. The summed E-state index contributed by atoms with van der Waals surface area (Å²) in [5.74, 6) is 3.27. The van der Waals surface area contributed by atoms with E-state index in [0.29, 0.717) is 99.1 Å². The summed E-state index contributed by atoms with van der Waals surface area (Å²) in [4.78, 5) is 0. The van der Waals surface area contributed by atoms with Crippen molar-refractivity contribution in [3.8, 4) is 46.0 Å². The maximum absolute atomic E-state index is 14.2. The maximum atomic E-state index is 14.2. The second-order valence-electron chi connectivity index (χ2n) is 13.2. The number of phosphoric ester groups is 2. The molecule has 7 aromatic carbocycles. The highest BCUT2D eigenvalue weighted by Crippen LogP contribution is 2.58. The van der Waals surface area contributed by atoms with Crippen molar-refractivity contribution in [3.05, 3.63) is 60.7 Å². The number of hydrogen-bond donors (Lipinski definition) is 0. The van der Waals surface area contributed by atoms with Crippen molar-refractivity contribution in [2.45, 2.75) is 27.7 Å². The lowest BCUT2D eigenvalue weighted by atomic mass is 9.87. The van der Waals surface area contributed by atoms with E-state index in [1.165, 1.54) is 0 Å². The molecule has 0 N–H and O–H groups in total. The largest absolute Gasteiger partial charge is 0.530 e. The van der Waals surface area contributed by atoms with Crippen LogP contribution in [0.15, 0.2) is 60.7 Å². The van der Waals surface area contributed by atoms with Crippen molar-refractivity contribution in [2.24, 2.45) is 0 Å². The van der Waals surface area contributed by atoms with Crippen molar-refractivity contribution in [2.75, 3.05) is 69.1 Å². The first-order chi connectivity index (χ1) is 29.0. The third-order valence-corrected chi connectivity index (χ3v) is 13.3. The van der Waals surface area contributed by atoms with Gasteiger partial charge in [0.25, 0.3) is 0 Å². The Hall–Kier alpha value is -5.20. The SMILES string of the molecule is CCOP(=O)(OCC)Oc1ccc(OC)c2cc(OC)c3ccc4c(OC)c(OC)c5ccc6c(OC)cc7c(OC)ccc(OP(=O)(OCC)OCC)c7c6c5c4c3c12. The van der Waals surface area contributed by atoms with E-state index in [9.17, 15) is 9.13 Å². The Bertz CT molecular complexity index is 2660. The zero-order valence-corrected chi connectivity index (χ0v) is 37.0. The van der Waals surface area contributed by atoms with E-state index in [1.54, 1.807) is 94.6 Å². The van der Waals surface area contributed by atoms with E-state index in [0.717, 1.165) is 0 Å². The van der Waals surface area contributed by atoms with Gasteiger partial charge in [-0.1, -0.05) is 0 Å². The molecule has 0 bridgehead atoms. The summed E-state index contributed by atoms with van der Waals surface area (Å²) >= 11 is 0. The molecule has 14 nitrogen and oxygen atoms in total. The molecular weight excluding hydrogens is 814 g/mol. The molecule has 0 aliphatic carbocycles. The third-order valence-electron chi connectivity index (χ3n) is 10.1. The second-order valence-corrected chi connectivity index (χ2v) is 16.4. The predicted octanol–water partition coefficient (Wildman–Crippen LogP) is 11.8. The van der Waals surface area contributed by atoms with Crippen molar-refractivity contribution in [1.82, 2.24) is 0 Å². The molecule has 0 heterocycles. The van der Waals surface area contributed by atoms with Gasteiger partial charge in [-0.15, -0.1) is 0 Å². The van der Waals surface area contributed by atoms with Crippen molar-refractivity contribution in [3.63, 3.8) is 0 Å². The smallest absolute Gasteiger partial charge is 0.496 e. The van der Waals surface area contributed by atoms with E-state index in [2.05, 4.69) is 0 Å². The summed E-state index contributed by atoms with van der Waals surface area (Å²) in [6.07, 6.45) is 0. The Morgan fingerprint density at radius 3 is 0.950 bits per heavy atom. The predicted molar refractivity (Wildman–Crippen MR) is 234 cm³/mol. The Morgan fingerprint density at radius 2 is 0.650 bits per heavy atom. The van der Waals surface area contributed by atoms with E-state index in [1.807, 2.05) is 36.4 Å². The van der Waals surface area contributed by atoms with Crippen molar-refractivity contribution in [1.29, 1.82) is 0 Å². The molecule has 0 saturated carbocycles. The summed E-state index contributed by atoms with van der Waals surface area (Å²) < 4.78 is 99.9.